The van der Waals surface area contributed by atoms with Gasteiger partial charge < -0.3 is 10.0 Å². The topological polar surface area (TPSA) is 108 Å². The standard InChI is InChI=1S/C16H20N4O4/c1-8-10(7-12(21)20-6-4-5-11(20)16(23)24)9(2)17-14-13(8)15(22)18-19(14)3/h11H,4-7H2,1-3H3,(H,18,22)(H,23,24)/t11-/m0/s1. The predicted molar refractivity (Wildman–Crippen MR) is 86.9 cm³/mol. The lowest BCUT2D eigenvalue weighted by molar-refractivity contribution is -0.148. The lowest BCUT2D eigenvalue weighted by Crippen LogP contribution is -2.41. The van der Waals surface area contributed by atoms with Crippen LogP contribution in [0.15, 0.2) is 4.79 Å². The van der Waals surface area contributed by atoms with E-state index in [0.717, 1.165) is 5.56 Å². The molecule has 1 amide bonds. The highest BCUT2D eigenvalue weighted by Crippen LogP contribution is 2.23. The summed E-state index contributed by atoms with van der Waals surface area (Å²) in [5.41, 5.74) is 2.40. The summed E-state index contributed by atoms with van der Waals surface area (Å²) in [5, 5.41) is 12.4. The van der Waals surface area contributed by atoms with Gasteiger partial charge in [0.2, 0.25) is 5.91 Å². The number of likely N-dealkylation sites (tertiary alicyclic amines) is 1. The first-order chi connectivity index (χ1) is 11.3. The molecule has 8 heteroatoms. The lowest BCUT2D eigenvalue weighted by atomic mass is 10.0. The molecule has 1 atom stereocenters. The molecule has 2 N–H and O–H groups in total. The molecule has 1 aliphatic rings. The number of H-pyrrole nitrogens is 1. The molecule has 0 aromatic carbocycles. The Kier molecular flexibility index (Phi) is 3.90. The van der Waals surface area contributed by atoms with Gasteiger partial charge in [-0.2, -0.15) is 0 Å². The van der Waals surface area contributed by atoms with Crippen molar-refractivity contribution in [2.75, 3.05) is 6.54 Å². The molecule has 0 saturated carbocycles. The highest BCUT2D eigenvalue weighted by atomic mass is 16.4. The Morgan fingerprint density at radius 3 is 2.75 bits per heavy atom. The molecule has 0 radical (unpaired) electrons. The van der Waals surface area contributed by atoms with Crippen molar-refractivity contribution in [2.24, 2.45) is 7.05 Å². The second-order valence-corrected chi connectivity index (χ2v) is 6.26. The fraction of sp³-hybridized carbons (Fsp3) is 0.500. The number of aryl methyl sites for hydroxylation is 3. The van der Waals surface area contributed by atoms with Crippen LogP contribution in [-0.2, 0) is 23.1 Å². The molecule has 1 aliphatic heterocycles. The third kappa shape index (κ3) is 2.47. The Hall–Kier alpha value is -2.64. The average molecular weight is 332 g/mol. The van der Waals surface area contributed by atoms with Gasteiger partial charge >= 0.3 is 5.97 Å². The maximum absolute atomic E-state index is 12.6. The van der Waals surface area contributed by atoms with Gasteiger partial charge in [0, 0.05) is 19.3 Å². The highest BCUT2D eigenvalue weighted by Gasteiger charge is 2.34. The number of fused-ring (bicyclic) bond motifs is 1. The number of nitrogens with one attached hydrogen (secondary N) is 1. The van der Waals surface area contributed by atoms with E-state index in [1.807, 2.05) is 0 Å². The fourth-order valence-electron chi connectivity index (χ4n) is 3.48. The molecule has 128 valence electrons. The minimum absolute atomic E-state index is 0.0543. The van der Waals surface area contributed by atoms with E-state index in [-0.39, 0.29) is 17.9 Å². The number of pyridine rings is 1. The zero-order chi connectivity index (χ0) is 17.6. The molecule has 1 fully saturated rings. The van der Waals surface area contributed by atoms with E-state index in [9.17, 15) is 19.5 Å². The second-order valence-electron chi connectivity index (χ2n) is 6.26. The van der Waals surface area contributed by atoms with Gasteiger partial charge in [-0.1, -0.05) is 0 Å². The number of carbonyl (C=O) groups is 2. The Morgan fingerprint density at radius 2 is 2.08 bits per heavy atom. The number of carbonyl (C=O) groups excluding carboxylic acids is 1. The Balaban J connectivity index is 1.98. The number of nitrogens with zero attached hydrogens (tertiary/aromatic N) is 3. The molecule has 24 heavy (non-hydrogen) atoms. The van der Waals surface area contributed by atoms with Crippen molar-refractivity contribution in [3.8, 4) is 0 Å². The van der Waals surface area contributed by atoms with Crippen LogP contribution in [0.25, 0.3) is 11.0 Å². The number of amides is 1. The summed E-state index contributed by atoms with van der Waals surface area (Å²) in [6, 6.07) is -0.755. The molecule has 2 aromatic heterocycles. The summed E-state index contributed by atoms with van der Waals surface area (Å²) in [7, 11) is 1.71. The largest absolute Gasteiger partial charge is 0.480 e. The van der Waals surface area contributed by atoms with Gasteiger partial charge in [-0.3, -0.25) is 19.4 Å². The molecule has 2 aromatic rings. The van der Waals surface area contributed by atoms with Crippen molar-refractivity contribution in [3.63, 3.8) is 0 Å². The molecular weight excluding hydrogens is 312 g/mol. The molecule has 0 unspecified atom stereocenters. The third-order valence-electron chi connectivity index (χ3n) is 4.76. The van der Waals surface area contributed by atoms with Gasteiger partial charge in [0.05, 0.1) is 11.8 Å². The number of hydrogen-bond donors (Lipinski definition) is 2. The summed E-state index contributed by atoms with van der Waals surface area (Å²) in [6.45, 7) is 4.05. The number of aromatic nitrogens is 3. The van der Waals surface area contributed by atoms with Gasteiger partial charge in [-0.15, -0.1) is 0 Å². The van der Waals surface area contributed by atoms with Crippen molar-refractivity contribution in [2.45, 2.75) is 39.2 Å². The highest BCUT2D eigenvalue weighted by molar-refractivity contribution is 5.88. The molecule has 3 heterocycles. The molecule has 0 aliphatic carbocycles. The monoisotopic (exact) mass is 332 g/mol. The van der Waals surface area contributed by atoms with E-state index in [2.05, 4.69) is 10.1 Å². The molecule has 0 spiro atoms. The Labute approximate surface area is 138 Å². The van der Waals surface area contributed by atoms with E-state index >= 15 is 0 Å². The average Bonchev–Trinajstić information content (AvgIpc) is 3.09. The molecule has 0 bridgehead atoms. The number of hydrogen-bond acceptors (Lipinski definition) is 4. The van der Waals surface area contributed by atoms with E-state index in [1.54, 1.807) is 25.6 Å². The van der Waals surface area contributed by atoms with Crippen molar-refractivity contribution < 1.29 is 14.7 Å². The van der Waals surface area contributed by atoms with Crippen molar-refractivity contribution >= 4 is 22.9 Å². The van der Waals surface area contributed by atoms with Crippen LogP contribution in [0.5, 0.6) is 0 Å². The number of rotatable bonds is 3. The lowest BCUT2D eigenvalue weighted by Gasteiger charge is -2.22. The van der Waals surface area contributed by atoms with Gasteiger partial charge in [-0.25, -0.2) is 9.78 Å². The number of aromatic amines is 1. The zero-order valence-corrected chi connectivity index (χ0v) is 13.9. The van der Waals surface area contributed by atoms with Crippen LogP contribution >= 0.6 is 0 Å². The molecule has 1 saturated heterocycles. The summed E-state index contributed by atoms with van der Waals surface area (Å²) >= 11 is 0. The molecule has 8 nitrogen and oxygen atoms in total. The van der Waals surface area contributed by atoms with Crippen LogP contribution in [0, 0.1) is 13.8 Å². The van der Waals surface area contributed by atoms with E-state index in [1.165, 1.54) is 4.90 Å². The first-order valence-electron chi connectivity index (χ1n) is 7.88. The Morgan fingerprint density at radius 1 is 1.38 bits per heavy atom. The van der Waals surface area contributed by atoms with E-state index in [0.29, 0.717) is 41.7 Å². The van der Waals surface area contributed by atoms with Gasteiger partial charge in [0.25, 0.3) is 5.56 Å². The SMILES string of the molecule is Cc1nc2c(c(C)c1CC(=O)N1CCC[C@H]1C(=O)O)c(=O)[nH]n2C. The second kappa shape index (κ2) is 5.77. The first kappa shape index (κ1) is 16.2. The zero-order valence-electron chi connectivity index (χ0n) is 13.9. The van der Waals surface area contributed by atoms with Crippen LogP contribution in [0.2, 0.25) is 0 Å². The van der Waals surface area contributed by atoms with Crippen LogP contribution in [0.4, 0.5) is 0 Å². The van der Waals surface area contributed by atoms with Crippen LogP contribution in [0.3, 0.4) is 0 Å². The maximum Gasteiger partial charge on any atom is 0.326 e. The normalized spacial score (nSPS) is 17.6. The smallest absolute Gasteiger partial charge is 0.326 e. The molecule has 3 rings (SSSR count). The summed E-state index contributed by atoms with van der Waals surface area (Å²) in [6.07, 6.45) is 1.23. The molecular formula is C16H20N4O4. The fourth-order valence-corrected chi connectivity index (χ4v) is 3.48. The van der Waals surface area contributed by atoms with Gasteiger partial charge in [-0.05, 0) is 37.8 Å². The van der Waals surface area contributed by atoms with Crippen LogP contribution in [0.1, 0.15) is 29.7 Å². The summed E-state index contributed by atoms with van der Waals surface area (Å²) in [5.74, 6) is -1.21. The summed E-state index contributed by atoms with van der Waals surface area (Å²) in [4.78, 5) is 41.8. The Bertz CT molecular complexity index is 896. The van der Waals surface area contributed by atoms with Crippen molar-refractivity contribution in [3.05, 3.63) is 27.2 Å². The minimum atomic E-state index is -0.970. The van der Waals surface area contributed by atoms with Crippen LogP contribution in [-0.4, -0.2) is 49.2 Å². The maximum atomic E-state index is 12.6. The quantitative estimate of drug-likeness (QED) is 0.851. The predicted octanol–water partition coefficient (Wildman–Crippen LogP) is 0.497. The van der Waals surface area contributed by atoms with E-state index < -0.39 is 12.0 Å². The summed E-state index contributed by atoms with van der Waals surface area (Å²) < 4.78 is 1.56. The van der Waals surface area contributed by atoms with Crippen molar-refractivity contribution in [1.82, 2.24) is 19.7 Å². The van der Waals surface area contributed by atoms with E-state index in [4.69, 9.17) is 0 Å². The minimum Gasteiger partial charge on any atom is -0.480 e. The first-order valence-corrected chi connectivity index (χ1v) is 7.88. The van der Waals surface area contributed by atoms with Gasteiger partial charge in [0.15, 0.2) is 5.65 Å². The van der Waals surface area contributed by atoms with Crippen LogP contribution < -0.4 is 5.56 Å². The van der Waals surface area contributed by atoms with Crippen molar-refractivity contribution in [1.29, 1.82) is 0 Å². The third-order valence-corrected chi connectivity index (χ3v) is 4.76. The number of carboxylic acids is 1. The van der Waals surface area contributed by atoms with Gasteiger partial charge in [0.1, 0.15) is 6.04 Å². The number of aliphatic carboxylic acids is 1. The number of carboxylic acid groups (broad SMARTS) is 1.